The molecule has 0 amide bonds. The van der Waals surface area contributed by atoms with Crippen molar-refractivity contribution in [1.29, 1.82) is 0 Å². The number of allylic oxidation sites excluding steroid dienone is 8. The van der Waals surface area contributed by atoms with Gasteiger partial charge in [0.05, 0.1) is 6.61 Å². The van der Waals surface area contributed by atoms with Gasteiger partial charge in [0, 0.05) is 12.8 Å². The quantitative estimate of drug-likeness (QED) is 0.0547. The fourth-order valence-corrected chi connectivity index (χ4v) is 4.33. The molecule has 1 unspecified atom stereocenters. The highest BCUT2D eigenvalue weighted by molar-refractivity contribution is 5.70. The monoisotopic (exact) mass is 574 g/mol. The number of aliphatic hydroxyl groups excluding tert-OH is 1. The first-order valence-electron chi connectivity index (χ1n) is 16.7. The summed E-state index contributed by atoms with van der Waals surface area (Å²) in [5.41, 5.74) is 0. The molecule has 0 aromatic heterocycles. The highest BCUT2D eigenvalue weighted by atomic mass is 16.6. The SMILES string of the molecule is CC/C=C\C/C=C\C/C=C\CCCCCC(=O)OC(CO)COC(=O)CCCCCCC/C=C\CCCCCCC. The fourth-order valence-electron chi connectivity index (χ4n) is 4.33. The van der Waals surface area contributed by atoms with E-state index < -0.39 is 6.10 Å². The van der Waals surface area contributed by atoms with Gasteiger partial charge in [-0.15, -0.1) is 0 Å². The van der Waals surface area contributed by atoms with Gasteiger partial charge in [-0.1, -0.05) is 114 Å². The summed E-state index contributed by atoms with van der Waals surface area (Å²) in [5.74, 6) is -0.641. The molecule has 0 rings (SSSR count). The normalized spacial score (nSPS) is 12.8. The van der Waals surface area contributed by atoms with Crippen LogP contribution in [0.25, 0.3) is 0 Å². The highest BCUT2D eigenvalue weighted by Crippen LogP contribution is 2.11. The van der Waals surface area contributed by atoms with Crippen LogP contribution in [-0.2, 0) is 19.1 Å². The number of ether oxygens (including phenoxy) is 2. The molecule has 1 atom stereocenters. The zero-order chi connectivity index (χ0) is 30.1. The van der Waals surface area contributed by atoms with E-state index in [4.69, 9.17) is 9.47 Å². The third-order valence-corrected chi connectivity index (χ3v) is 6.86. The smallest absolute Gasteiger partial charge is 0.306 e. The maximum Gasteiger partial charge on any atom is 0.306 e. The molecule has 0 aliphatic rings. The summed E-state index contributed by atoms with van der Waals surface area (Å²) in [6, 6.07) is 0. The maximum atomic E-state index is 12.1. The molecule has 41 heavy (non-hydrogen) atoms. The van der Waals surface area contributed by atoms with Gasteiger partial charge in [-0.3, -0.25) is 9.59 Å². The lowest BCUT2D eigenvalue weighted by Crippen LogP contribution is -2.28. The van der Waals surface area contributed by atoms with Crippen LogP contribution >= 0.6 is 0 Å². The zero-order valence-electron chi connectivity index (χ0n) is 26.5. The molecule has 0 radical (unpaired) electrons. The number of carbonyl (C=O) groups is 2. The van der Waals surface area contributed by atoms with E-state index in [1.165, 1.54) is 51.4 Å². The number of aliphatic hydroxyl groups is 1. The fraction of sp³-hybridized carbons (Fsp3) is 0.722. The van der Waals surface area contributed by atoms with E-state index in [1.807, 2.05) is 0 Å². The lowest BCUT2D eigenvalue weighted by molar-refractivity contribution is -0.161. The summed E-state index contributed by atoms with van der Waals surface area (Å²) in [4.78, 5) is 24.1. The van der Waals surface area contributed by atoms with Crippen molar-refractivity contribution in [3.8, 4) is 0 Å². The third-order valence-electron chi connectivity index (χ3n) is 6.86. The van der Waals surface area contributed by atoms with Gasteiger partial charge in [0.1, 0.15) is 6.61 Å². The molecule has 0 heterocycles. The molecule has 0 aromatic carbocycles. The van der Waals surface area contributed by atoms with Crippen LogP contribution in [0.3, 0.4) is 0 Å². The van der Waals surface area contributed by atoms with Crippen LogP contribution in [0, 0.1) is 0 Å². The Kier molecular flexibility index (Phi) is 30.7. The summed E-state index contributed by atoms with van der Waals surface area (Å²) >= 11 is 0. The van der Waals surface area contributed by atoms with Crippen molar-refractivity contribution < 1.29 is 24.2 Å². The topological polar surface area (TPSA) is 72.8 Å². The second-order valence-corrected chi connectivity index (χ2v) is 10.9. The average Bonchev–Trinajstić information content (AvgIpc) is 2.97. The number of rotatable bonds is 29. The molecule has 0 saturated carbocycles. The van der Waals surface area contributed by atoms with Crippen molar-refractivity contribution in [2.45, 2.75) is 155 Å². The van der Waals surface area contributed by atoms with Gasteiger partial charge in [-0.2, -0.15) is 0 Å². The van der Waals surface area contributed by atoms with Crippen molar-refractivity contribution in [1.82, 2.24) is 0 Å². The third kappa shape index (κ3) is 30.6. The summed E-state index contributed by atoms with van der Waals surface area (Å²) in [7, 11) is 0. The minimum absolute atomic E-state index is 0.0832. The predicted octanol–water partition coefficient (Wildman–Crippen LogP) is 9.89. The molecule has 0 saturated heterocycles. The number of esters is 2. The maximum absolute atomic E-state index is 12.1. The van der Waals surface area contributed by atoms with Gasteiger partial charge < -0.3 is 14.6 Å². The Balaban J connectivity index is 3.66. The van der Waals surface area contributed by atoms with Gasteiger partial charge in [-0.25, -0.2) is 0 Å². The number of hydrogen-bond acceptors (Lipinski definition) is 5. The van der Waals surface area contributed by atoms with Crippen LogP contribution in [0.5, 0.6) is 0 Å². The molecule has 5 heteroatoms. The van der Waals surface area contributed by atoms with Crippen molar-refractivity contribution >= 4 is 11.9 Å². The first-order valence-corrected chi connectivity index (χ1v) is 16.7. The Morgan fingerprint density at radius 3 is 1.63 bits per heavy atom. The minimum Gasteiger partial charge on any atom is -0.462 e. The van der Waals surface area contributed by atoms with E-state index >= 15 is 0 Å². The molecule has 1 N–H and O–H groups in total. The summed E-state index contributed by atoms with van der Waals surface area (Å²) in [6.07, 6.45) is 38.8. The van der Waals surface area contributed by atoms with Crippen LogP contribution in [0.4, 0.5) is 0 Å². The van der Waals surface area contributed by atoms with Crippen LogP contribution < -0.4 is 0 Å². The van der Waals surface area contributed by atoms with Crippen LogP contribution in [0.15, 0.2) is 48.6 Å². The van der Waals surface area contributed by atoms with Crippen LogP contribution in [0.2, 0.25) is 0 Å². The average molecular weight is 575 g/mol. The molecule has 0 aliphatic carbocycles. The van der Waals surface area contributed by atoms with E-state index in [9.17, 15) is 14.7 Å². The van der Waals surface area contributed by atoms with Crippen molar-refractivity contribution in [2.24, 2.45) is 0 Å². The number of unbranched alkanes of at least 4 members (excludes halogenated alkanes) is 13. The largest absolute Gasteiger partial charge is 0.462 e. The number of hydrogen-bond donors (Lipinski definition) is 1. The Labute approximate surface area is 252 Å². The van der Waals surface area contributed by atoms with Gasteiger partial charge in [0.2, 0.25) is 0 Å². The molecule has 236 valence electrons. The summed E-state index contributed by atoms with van der Waals surface area (Å²) in [6.45, 7) is 3.96. The van der Waals surface area contributed by atoms with E-state index in [2.05, 4.69) is 62.5 Å². The Morgan fingerprint density at radius 2 is 1.05 bits per heavy atom. The molecule has 0 aromatic rings. The second-order valence-electron chi connectivity index (χ2n) is 10.9. The van der Waals surface area contributed by atoms with Crippen molar-refractivity contribution in [2.75, 3.05) is 13.2 Å². The number of carbonyl (C=O) groups excluding carboxylic acids is 2. The van der Waals surface area contributed by atoms with Crippen molar-refractivity contribution in [3.05, 3.63) is 48.6 Å². The second kappa shape index (κ2) is 32.4. The molecule has 0 fully saturated rings. The van der Waals surface area contributed by atoms with E-state index in [0.29, 0.717) is 12.8 Å². The van der Waals surface area contributed by atoms with Gasteiger partial charge in [0.25, 0.3) is 0 Å². The van der Waals surface area contributed by atoms with Gasteiger partial charge in [0.15, 0.2) is 6.10 Å². The predicted molar refractivity (Wildman–Crippen MR) is 173 cm³/mol. The van der Waals surface area contributed by atoms with Crippen LogP contribution in [0.1, 0.15) is 149 Å². The highest BCUT2D eigenvalue weighted by Gasteiger charge is 2.16. The zero-order valence-corrected chi connectivity index (χ0v) is 26.5. The Morgan fingerprint density at radius 1 is 0.585 bits per heavy atom. The first-order chi connectivity index (χ1) is 20.1. The lowest BCUT2D eigenvalue weighted by Gasteiger charge is -2.15. The summed E-state index contributed by atoms with van der Waals surface area (Å²) < 4.78 is 10.5. The van der Waals surface area contributed by atoms with Gasteiger partial charge in [-0.05, 0) is 70.6 Å². The standard InChI is InChI=1S/C36H62O5/c1-3-5-7-9-11-13-15-17-19-20-22-24-26-28-30-35(38)40-33-34(32-37)41-36(39)31-29-27-25-23-21-18-16-14-12-10-8-6-4-2/h6,8,12,14-15,17-18,21,34,37H,3-5,7,9-11,13,16,19-20,22-33H2,1-2H3/b8-6-,14-12-,17-15-,21-18-. The van der Waals surface area contributed by atoms with Crippen molar-refractivity contribution in [3.63, 3.8) is 0 Å². The minimum atomic E-state index is -0.788. The molecular formula is C36H62O5. The van der Waals surface area contributed by atoms with E-state index in [0.717, 1.165) is 70.6 Å². The van der Waals surface area contributed by atoms with E-state index in [1.54, 1.807) is 0 Å². The van der Waals surface area contributed by atoms with Gasteiger partial charge >= 0.3 is 11.9 Å². The molecule has 0 spiro atoms. The first kappa shape index (κ1) is 38.9. The molecule has 5 nitrogen and oxygen atoms in total. The molecule has 0 aliphatic heterocycles. The van der Waals surface area contributed by atoms with E-state index in [-0.39, 0.29) is 25.2 Å². The van der Waals surface area contributed by atoms with Crippen LogP contribution in [-0.4, -0.2) is 36.4 Å². The lowest BCUT2D eigenvalue weighted by atomic mass is 10.1. The molecule has 0 bridgehead atoms. The Hall–Kier alpha value is -2.14. The Bertz CT molecular complexity index is 707. The molecular weight excluding hydrogens is 512 g/mol. The summed E-state index contributed by atoms with van der Waals surface area (Å²) in [5, 5.41) is 9.49.